The van der Waals surface area contributed by atoms with Gasteiger partial charge in [0.15, 0.2) is 6.10 Å². The summed E-state index contributed by atoms with van der Waals surface area (Å²) in [6.45, 7) is 3.94. The number of phosphoric acid groups is 1. The third kappa shape index (κ3) is 45.4. The number of hydrogen-bond acceptors (Lipinski definition) is 10. The van der Waals surface area contributed by atoms with Crippen molar-refractivity contribution in [2.24, 2.45) is 0 Å². The summed E-state index contributed by atoms with van der Waals surface area (Å²) in [6, 6.07) is 0. The first-order chi connectivity index (χ1) is 31.2. The van der Waals surface area contributed by atoms with Crippen LogP contribution in [0.4, 0.5) is 0 Å². The monoisotopic (exact) mass is 943 g/mol. The van der Waals surface area contributed by atoms with Crippen molar-refractivity contribution >= 4 is 19.8 Å². The number of aliphatic hydroxyl groups is 3. The van der Waals surface area contributed by atoms with Crippen LogP contribution in [0.1, 0.15) is 200 Å². The van der Waals surface area contributed by atoms with Gasteiger partial charge in [0.25, 0.3) is 0 Å². The van der Waals surface area contributed by atoms with Crippen LogP contribution in [0, 0.1) is 0 Å². The van der Waals surface area contributed by atoms with Gasteiger partial charge in [0, 0.05) is 12.8 Å². The van der Waals surface area contributed by atoms with Crippen molar-refractivity contribution in [1.82, 2.24) is 0 Å². The van der Waals surface area contributed by atoms with Gasteiger partial charge in [-0.1, -0.05) is 210 Å². The fourth-order valence-corrected chi connectivity index (χ4v) is 7.79. The molecule has 0 saturated carbocycles. The van der Waals surface area contributed by atoms with E-state index >= 15 is 0 Å². The fraction of sp³-hybridized carbons (Fsp3) is 0.808. The number of hydrogen-bond donors (Lipinski definition) is 4. The van der Waals surface area contributed by atoms with E-state index in [1.807, 2.05) is 21.1 Å². The van der Waals surface area contributed by atoms with E-state index in [4.69, 9.17) is 18.5 Å². The van der Waals surface area contributed by atoms with Crippen LogP contribution in [-0.2, 0) is 32.7 Å². The Labute approximate surface area is 396 Å². The topological polar surface area (TPSA) is 169 Å². The molecule has 5 atom stereocenters. The highest BCUT2D eigenvalue weighted by molar-refractivity contribution is 7.47. The van der Waals surface area contributed by atoms with Gasteiger partial charge < -0.3 is 34.2 Å². The minimum atomic E-state index is -4.48. The lowest BCUT2D eigenvalue weighted by Crippen LogP contribution is -2.37. The van der Waals surface area contributed by atoms with E-state index in [0.717, 1.165) is 44.9 Å². The standard InChI is InChI=1S/C52H96NO11P/c1-6-8-10-11-12-13-14-15-16-17-18-19-20-21-22-23-24-25-26-31-35-41-51(57)61-45-48(46-63-65(59,60)62-44-43-53(3,4)5)64-52(58)42-36-40-50(56)49(55)39-34-30-28-27-29-33-38-47(54)37-32-9-7-2/h27-30,33-34,38-39,47-50,54-56H,6-26,31-32,35-37,40-46H2,1-5H3/p+1/b29-27-,30-28+,38-33+,39-34+/t47-,48+,49-,50-/m0/s1. The minimum absolute atomic E-state index is 0.0321. The number of phosphoric ester groups is 1. The molecule has 0 amide bonds. The summed E-state index contributed by atoms with van der Waals surface area (Å²) in [7, 11) is 1.26. The van der Waals surface area contributed by atoms with E-state index in [1.54, 1.807) is 42.5 Å². The summed E-state index contributed by atoms with van der Waals surface area (Å²) in [4.78, 5) is 35.6. The summed E-state index contributed by atoms with van der Waals surface area (Å²) in [5, 5.41) is 30.7. The molecule has 0 fully saturated rings. The Bertz CT molecular complexity index is 1300. The van der Waals surface area contributed by atoms with Crippen molar-refractivity contribution in [1.29, 1.82) is 0 Å². The Kier molecular flexibility index (Phi) is 41.7. The number of nitrogens with zero attached hydrogens (tertiary/aromatic N) is 1. The molecule has 0 radical (unpaired) electrons. The van der Waals surface area contributed by atoms with Gasteiger partial charge in [0.05, 0.1) is 46.1 Å². The maximum atomic E-state index is 12.8. The van der Waals surface area contributed by atoms with Crippen molar-refractivity contribution in [2.75, 3.05) is 47.5 Å². The molecule has 0 aliphatic rings. The van der Waals surface area contributed by atoms with Gasteiger partial charge in [-0.25, -0.2) is 4.57 Å². The number of rotatable bonds is 46. The van der Waals surface area contributed by atoms with Crippen LogP contribution in [0.15, 0.2) is 48.6 Å². The lowest BCUT2D eigenvalue weighted by molar-refractivity contribution is -0.870. The summed E-state index contributed by atoms with van der Waals surface area (Å²) in [5.74, 6) is -1.12. The molecule has 4 N–H and O–H groups in total. The summed E-state index contributed by atoms with van der Waals surface area (Å²) in [5.41, 5.74) is 0. The molecule has 0 aliphatic carbocycles. The van der Waals surface area contributed by atoms with E-state index in [9.17, 15) is 34.4 Å². The molecule has 0 bridgehead atoms. The lowest BCUT2D eigenvalue weighted by Gasteiger charge is -2.24. The van der Waals surface area contributed by atoms with Gasteiger partial charge in [-0.3, -0.25) is 18.6 Å². The number of aliphatic hydroxyl groups excluding tert-OH is 3. The van der Waals surface area contributed by atoms with Gasteiger partial charge in [-0.15, -0.1) is 0 Å². The Balaban J connectivity index is 4.51. The molecule has 0 aliphatic heterocycles. The highest BCUT2D eigenvalue weighted by atomic mass is 31.2. The van der Waals surface area contributed by atoms with Crippen LogP contribution < -0.4 is 0 Å². The molecule has 65 heavy (non-hydrogen) atoms. The third-order valence-corrected chi connectivity index (χ3v) is 12.2. The van der Waals surface area contributed by atoms with Crippen LogP contribution in [0.25, 0.3) is 0 Å². The number of esters is 2. The SMILES string of the molecule is CCCCCCCCCCCCCCCCCCCCCCCC(=O)OC[C@H](COP(=O)(O)OCC[N+](C)(C)C)OC(=O)CCC[C@H](O)[C@@H](O)/C=C/C=C/C=C\C=C\[C@@H](O)CCCCC. The number of ether oxygens (including phenoxy) is 2. The number of carbonyl (C=O) groups excluding carboxylic acids is 2. The first-order valence-corrected chi connectivity index (χ1v) is 27.2. The molecule has 0 aromatic rings. The molecule has 0 aromatic carbocycles. The van der Waals surface area contributed by atoms with Crippen molar-refractivity contribution in [3.63, 3.8) is 0 Å². The molecule has 1 unspecified atom stereocenters. The average molecular weight is 943 g/mol. The lowest BCUT2D eigenvalue weighted by atomic mass is 10.0. The van der Waals surface area contributed by atoms with Crippen molar-refractivity contribution in [3.8, 4) is 0 Å². The molecule has 13 heteroatoms. The van der Waals surface area contributed by atoms with Crippen LogP contribution in [0.3, 0.4) is 0 Å². The summed E-state index contributed by atoms with van der Waals surface area (Å²) < 4.78 is 34.1. The van der Waals surface area contributed by atoms with Crippen molar-refractivity contribution in [2.45, 2.75) is 224 Å². The first-order valence-electron chi connectivity index (χ1n) is 25.7. The van der Waals surface area contributed by atoms with Crippen LogP contribution in [0.5, 0.6) is 0 Å². The number of unbranched alkanes of at least 4 members (excludes halogenated alkanes) is 22. The van der Waals surface area contributed by atoms with Gasteiger partial charge in [0.1, 0.15) is 19.8 Å². The smallest absolute Gasteiger partial charge is 0.462 e. The Morgan fingerprint density at radius 3 is 1.49 bits per heavy atom. The Morgan fingerprint density at radius 2 is 0.985 bits per heavy atom. The van der Waals surface area contributed by atoms with E-state index < -0.39 is 50.8 Å². The minimum Gasteiger partial charge on any atom is -0.462 e. The zero-order valence-corrected chi connectivity index (χ0v) is 42.7. The maximum Gasteiger partial charge on any atom is 0.472 e. The zero-order chi connectivity index (χ0) is 48.3. The van der Waals surface area contributed by atoms with Gasteiger partial charge >= 0.3 is 19.8 Å². The predicted molar refractivity (Wildman–Crippen MR) is 265 cm³/mol. The number of likely N-dealkylation sites (N-methyl/N-ethyl adjacent to an activating group) is 1. The van der Waals surface area contributed by atoms with Crippen LogP contribution >= 0.6 is 7.82 Å². The predicted octanol–water partition coefficient (Wildman–Crippen LogP) is 11.9. The summed E-state index contributed by atoms with van der Waals surface area (Å²) >= 11 is 0. The van der Waals surface area contributed by atoms with Crippen LogP contribution in [-0.4, -0.2) is 109 Å². The number of quaternary nitrogens is 1. The molecule has 0 rings (SSSR count). The first kappa shape index (κ1) is 62.8. The second-order valence-electron chi connectivity index (χ2n) is 18.8. The average Bonchev–Trinajstić information content (AvgIpc) is 3.25. The molecular formula is C52H97NO11P+. The third-order valence-electron chi connectivity index (χ3n) is 11.2. The highest BCUT2D eigenvalue weighted by Gasteiger charge is 2.27. The van der Waals surface area contributed by atoms with Gasteiger partial charge in [-0.2, -0.15) is 0 Å². The largest absolute Gasteiger partial charge is 0.472 e. The van der Waals surface area contributed by atoms with Gasteiger partial charge in [0.2, 0.25) is 0 Å². The highest BCUT2D eigenvalue weighted by Crippen LogP contribution is 2.43. The van der Waals surface area contributed by atoms with E-state index in [0.29, 0.717) is 17.4 Å². The molecule has 12 nitrogen and oxygen atoms in total. The summed E-state index contributed by atoms with van der Waals surface area (Å²) in [6.07, 6.45) is 41.0. The number of allylic oxidation sites excluding steroid dienone is 6. The second kappa shape index (κ2) is 43.2. The molecule has 380 valence electrons. The molecule has 0 aromatic heterocycles. The molecule has 0 spiro atoms. The van der Waals surface area contributed by atoms with Crippen molar-refractivity contribution in [3.05, 3.63) is 48.6 Å². The van der Waals surface area contributed by atoms with E-state index in [1.165, 1.54) is 115 Å². The molecule has 0 saturated heterocycles. The van der Waals surface area contributed by atoms with Crippen molar-refractivity contribution < 1.29 is 57.4 Å². The molecular weight excluding hydrogens is 846 g/mol. The number of carbonyl (C=O) groups is 2. The zero-order valence-electron chi connectivity index (χ0n) is 41.8. The maximum absolute atomic E-state index is 12.8. The van der Waals surface area contributed by atoms with E-state index in [2.05, 4.69) is 13.8 Å². The van der Waals surface area contributed by atoms with Gasteiger partial charge in [-0.05, 0) is 25.7 Å². The fourth-order valence-electron chi connectivity index (χ4n) is 7.05. The second-order valence-corrected chi connectivity index (χ2v) is 20.2. The van der Waals surface area contributed by atoms with Crippen LogP contribution in [0.2, 0.25) is 0 Å². The van der Waals surface area contributed by atoms with E-state index in [-0.39, 0.29) is 38.9 Å². The quantitative estimate of drug-likeness (QED) is 0.0151. The molecule has 0 heterocycles. The Hall–Kier alpha value is -2.15. The normalized spacial score (nSPS) is 15.3. The Morgan fingerprint density at radius 1 is 0.538 bits per heavy atom.